The van der Waals surface area contributed by atoms with Gasteiger partial charge in [-0.25, -0.2) is 4.98 Å². The number of amides is 1. The molecule has 28 heavy (non-hydrogen) atoms. The average molecular weight is 420 g/mol. The molecule has 0 aromatic carbocycles. The van der Waals surface area contributed by atoms with Crippen molar-refractivity contribution in [1.82, 2.24) is 14.9 Å². The molecule has 2 aromatic rings. The van der Waals surface area contributed by atoms with Crippen molar-refractivity contribution in [3.05, 3.63) is 20.8 Å². The summed E-state index contributed by atoms with van der Waals surface area (Å²) in [6, 6.07) is 0.311. The third-order valence-electron chi connectivity index (χ3n) is 6.05. The summed E-state index contributed by atoms with van der Waals surface area (Å²) >= 11 is 3.08. The summed E-state index contributed by atoms with van der Waals surface area (Å²) in [5.41, 5.74) is 1.28. The van der Waals surface area contributed by atoms with E-state index in [1.807, 2.05) is 13.8 Å². The summed E-state index contributed by atoms with van der Waals surface area (Å²) in [6.07, 6.45) is 7.70. The van der Waals surface area contributed by atoms with Crippen LogP contribution in [0.25, 0.3) is 10.2 Å². The number of rotatable bonds is 5. The zero-order valence-corrected chi connectivity index (χ0v) is 18.5. The molecule has 0 spiro atoms. The van der Waals surface area contributed by atoms with Gasteiger partial charge in [0.15, 0.2) is 5.16 Å². The molecule has 0 unspecified atom stereocenters. The number of hydrogen-bond acceptors (Lipinski definition) is 5. The highest BCUT2D eigenvalue weighted by Gasteiger charge is 2.26. The van der Waals surface area contributed by atoms with Crippen LogP contribution in [0.2, 0.25) is 0 Å². The van der Waals surface area contributed by atoms with Gasteiger partial charge >= 0.3 is 0 Å². The molecule has 0 bridgehead atoms. The van der Waals surface area contributed by atoms with Gasteiger partial charge < -0.3 is 5.32 Å². The van der Waals surface area contributed by atoms with E-state index in [4.69, 9.17) is 4.98 Å². The number of carbonyl (C=O) groups excluding carboxylic acids is 1. The minimum Gasteiger partial charge on any atom is -0.352 e. The van der Waals surface area contributed by atoms with E-state index in [2.05, 4.69) is 12.2 Å². The first-order valence-corrected chi connectivity index (χ1v) is 12.2. The number of fused-ring (bicyclic) bond motifs is 3. The average Bonchev–Trinajstić information content (AvgIpc) is 3.28. The minimum atomic E-state index is -0.266. The lowest BCUT2D eigenvalue weighted by Crippen LogP contribution is -2.38. The topological polar surface area (TPSA) is 64.0 Å². The molecule has 7 heteroatoms. The van der Waals surface area contributed by atoms with Crippen molar-refractivity contribution >= 4 is 39.2 Å². The van der Waals surface area contributed by atoms with E-state index in [1.165, 1.54) is 35.0 Å². The highest BCUT2D eigenvalue weighted by molar-refractivity contribution is 8.00. The maximum Gasteiger partial charge on any atom is 0.263 e. The van der Waals surface area contributed by atoms with Gasteiger partial charge in [0, 0.05) is 17.5 Å². The third kappa shape index (κ3) is 3.75. The van der Waals surface area contributed by atoms with E-state index in [1.54, 1.807) is 15.9 Å². The Morgan fingerprint density at radius 2 is 2.11 bits per heavy atom. The van der Waals surface area contributed by atoms with Crippen LogP contribution in [0.1, 0.15) is 63.3 Å². The molecule has 1 N–H and O–H groups in total. The van der Waals surface area contributed by atoms with Gasteiger partial charge in [-0.05, 0) is 57.4 Å². The molecule has 0 aliphatic heterocycles. The predicted molar refractivity (Wildman–Crippen MR) is 116 cm³/mol. The highest BCUT2D eigenvalue weighted by Crippen LogP contribution is 2.37. The van der Waals surface area contributed by atoms with Gasteiger partial charge in [0.2, 0.25) is 5.91 Å². The summed E-state index contributed by atoms with van der Waals surface area (Å²) < 4.78 is 1.75. The summed E-state index contributed by atoms with van der Waals surface area (Å²) in [7, 11) is 0. The number of aromatic nitrogens is 2. The van der Waals surface area contributed by atoms with E-state index in [0.717, 1.165) is 42.3 Å². The zero-order valence-electron chi connectivity index (χ0n) is 16.9. The molecular formula is C21H29N3O2S2. The number of thioether (sulfide) groups is 1. The lowest BCUT2D eigenvalue weighted by Gasteiger charge is -2.18. The fraction of sp³-hybridized carbons (Fsp3) is 0.667. The number of aryl methyl sites for hydroxylation is 1. The molecule has 2 aliphatic rings. The molecule has 4 rings (SSSR count). The molecule has 2 aliphatic carbocycles. The number of carbonyl (C=O) groups is 1. The Kier molecular flexibility index (Phi) is 5.83. The lowest BCUT2D eigenvalue weighted by atomic mass is 9.89. The normalized spacial score (nSPS) is 21.0. The van der Waals surface area contributed by atoms with Gasteiger partial charge in [0.1, 0.15) is 4.83 Å². The highest BCUT2D eigenvalue weighted by atomic mass is 32.2. The predicted octanol–water partition coefficient (Wildman–Crippen LogP) is 4.14. The summed E-state index contributed by atoms with van der Waals surface area (Å²) in [5, 5.41) is 4.38. The zero-order chi connectivity index (χ0) is 19.8. The maximum atomic E-state index is 13.2. The second-order valence-electron chi connectivity index (χ2n) is 8.23. The van der Waals surface area contributed by atoms with Crippen LogP contribution in [0.4, 0.5) is 0 Å². The summed E-state index contributed by atoms with van der Waals surface area (Å²) in [5.74, 6) is 0.718. The van der Waals surface area contributed by atoms with Crippen molar-refractivity contribution in [2.75, 3.05) is 0 Å². The van der Waals surface area contributed by atoms with Crippen molar-refractivity contribution < 1.29 is 4.79 Å². The van der Waals surface area contributed by atoms with Crippen molar-refractivity contribution in [2.45, 2.75) is 88.7 Å². The summed E-state index contributed by atoms with van der Waals surface area (Å²) in [4.78, 5) is 32.9. The second kappa shape index (κ2) is 8.19. The van der Waals surface area contributed by atoms with Gasteiger partial charge in [0.05, 0.1) is 10.6 Å². The molecule has 0 radical (unpaired) electrons. The van der Waals surface area contributed by atoms with Gasteiger partial charge in [-0.15, -0.1) is 11.3 Å². The standard InChI is InChI=1S/C21H29N3O2S2/c1-4-24-20(26)17-15-10-9-12(2)11-16(15)28-19(17)23-21(24)27-13(3)18(25)22-14-7-5-6-8-14/h12-14H,4-11H2,1-3H3,(H,22,25)/t12-,13-/m0/s1. The van der Waals surface area contributed by atoms with E-state index in [0.29, 0.717) is 23.7 Å². The molecule has 152 valence electrons. The van der Waals surface area contributed by atoms with Gasteiger partial charge in [-0.3, -0.25) is 14.2 Å². The Balaban J connectivity index is 1.63. The summed E-state index contributed by atoms with van der Waals surface area (Å²) in [6.45, 7) is 6.73. The molecule has 5 nitrogen and oxygen atoms in total. The Hall–Kier alpha value is -1.34. The van der Waals surface area contributed by atoms with Crippen LogP contribution in [0.5, 0.6) is 0 Å². The van der Waals surface area contributed by atoms with E-state index in [9.17, 15) is 9.59 Å². The Labute approximate surface area is 174 Å². The molecule has 0 saturated heterocycles. The number of nitrogens with one attached hydrogen (secondary N) is 1. The van der Waals surface area contributed by atoms with E-state index in [-0.39, 0.29) is 16.7 Å². The molecule has 1 saturated carbocycles. The van der Waals surface area contributed by atoms with Crippen molar-refractivity contribution in [3.63, 3.8) is 0 Å². The fourth-order valence-corrected chi connectivity index (χ4v) is 6.78. The fourth-order valence-electron chi connectivity index (χ4n) is 4.37. The number of nitrogens with zero attached hydrogens (tertiary/aromatic N) is 2. The quantitative estimate of drug-likeness (QED) is 0.584. The second-order valence-corrected chi connectivity index (χ2v) is 10.6. The minimum absolute atomic E-state index is 0.0493. The molecular weight excluding hydrogens is 390 g/mol. The van der Waals surface area contributed by atoms with Crippen LogP contribution >= 0.6 is 23.1 Å². The van der Waals surface area contributed by atoms with Crippen LogP contribution in [0.3, 0.4) is 0 Å². The molecule has 1 amide bonds. The van der Waals surface area contributed by atoms with Gasteiger partial charge in [-0.2, -0.15) is 0 Å². The number of hydrogen-bond donors (Lipinski definition) is 1. The molecule has 2 aromatic heterocycles. The Bertz CT molecular complexity index is 943. The monoisotopic (exact) mass is 419 g/mol. The third-order valence-corrected chi connectivity index (χ3v) is 8.29. The van der Waals surface area contributed by atoms with E-state index < -0.39 is 0 Å². The molecule has 2 atom stereocenters. The van der Waals surface area contributed by atoms with Crippen molar-refractivity contribution in [1.29, 1.82) is 0 Å². The van der Waals surface area contributed by atoms with Crippen LogP contribution in [-0.4, -0.2) is 26.8 Å². The smallest absolute Gasteiger partial charge is 0.263 e. The van der Waals surface area contributed by atoms with E-state index >= 15 is 0 Å². The maximum absolute atomic E-state index is 13.2. The Morgan fingerprint density at radius 1 is 1.36 bits per heavy atom. The SMILES string of the molecule is CCn1c(S[C@@H](C)C(=O)NC2CCCC2)nc2sc3c(c2c1=O)CC[C@H](C)C3. The largest absolute Gasteiger partial charge is 0.352 e. The Morgan fingerprint density at radius 3 is 2.82 bits per heavy atom. The number of thiophene rings is 1. The molecule has 1 fully saturated rings. The first kappa shape index (κ1) is 20.0. The van der Waals surface area contributed by atoms with Crippen molar-refractivity contribution in [3.8, 4) is 0 Å². The van der Waals surface area contributed by atoms with Crippen LogP contribution in [0.15, 0.2) is 9.95 Å². The molecule has 2 heterocycles. The first-order chi connectivity index (χ1) is 13.5. The van der Waals surface area contributed by atoms with Crippen LogP contribution in [0, 0.1) is 5.92 Å². The van der Waals surface area contributed by atoms with Crippen LogP contribution < -0.4 is 10.9 Å². The first-order valence-electron chi connectivity index (χ1n) is 10.5. The van der Waals surface area contributed by atoms with Gasteiger partial charge in [-0.1, -0.05) is 31.5 Å². The van der Waals surface area contributed by atoms with Gasteiger partial charge in [0.25, 0.3) is 5.56 Å². The lowest BCUT2D eigenvalue weighted by molar-refractivity contribution is -0.120. The van der Waals surface area contributed by atoms with Crippen LogP contribution in [-0.2, 0) is 24.2 Å². The van der Waals surface area contributed by atoms with Crippen molar-refractivity contribution in [2.24, 2.45) is 5.92 Å².